The van der Waals surface area contributed by atoms with Gasteiger partial charge in [0.1, 0.15) is 23.6 Å². The van der Waals surface area contributed by atoms with Crippen LogP contribution in [0.5, 0.6) is 5.75 Å². The number of amides is 1. The number of aromatic hydroxyl groups is 1. The molecular weight excluding hydrogens is 522 g/mol. The van der Waals surface area contributed by atoms with E-state index in [0.29, 0.717) is 46.6 Å². The number of ketones is 1. The van der Waals surface area contributed by atoms with E-state index in [1.165, 1.54) is 17.8 Å². The van der Waals surface area contributed by atoms with Crippen LogP contribution in [0.25, 0.3) is 28.0 Å². The van der Waals surface area contributed by atoms with Gasteiger partial charge in [0, 0.05) is 40.9 Å². The van der Waals surface area contributed by atoms with Crippen molar-refractivity contribution < 1.29 is 14.7 Å². The van der Waals surface area contributed by atoms with Crippen molar-refractivity contribution in [3.63, 3.8) is 0 Å². The first-order valence-corrected chi connectivity index (χ1v) is 13.5. The number of carbonyl (C=O) groups excluding carboxylic acids is 2. The Bertz CT molecular complexity index is 1790. The molecule has 2 aliphatic rings. The number of hydrogen-bond acceptors (Lipinski definition) is 9. The first-order valence-electron chi connectivity index (χ1n) is 13.5. The van der Waals surface area contributed by atoms with Crippen molar-refractivity contribution in [2.45, 2.75) is 50.6 Å². The minimum atomic E-state index is -0.192. The lowest BCUT2D eigenvalue weighted by molar-refractivity contribution is 0.0556. The maximum Gasteiger partial charge on any atom is 0.291 e. The predicted octanol–water partition coefficient (Wildman–Crippen LogP) is 3.62. The SMILES string of the molecule is CC(=O)c1c(C2C[C@H]3CC[C@H](C2)N3C(=O)c2ncn[nH]2)nc2c(-c3cnc(-c4ccccc4)c(O)c3)cnn2c1N. The van der Waals surface area contributed by atoms with Gasteiger partial charge in [0.2, 0.25) is 5.82 Å². The zero-order valence-electron chi connectivity index (χ0n) is 22.2. The highest BCUT2D eigenvalue weighted by molar-refractivity contribution is 6.00. The fraction of sp³-hybridized carbons (Fsp3) is 0.276. The number of aromatic amines is 1. The Labute approximate surface area is 234 Å². The average molecular weight is 550 g/mol. The first kappa shape index (κ1) is 24.9. The van der Waals surface area contributed by atoms with Crippen LogP contribution in [0.15, 0.2) is 55.1 Å². The minimum absolute atomic E-state index is 0.00790. The van der Waals surface area contributed by atoms with Gasteiger partial charge in [-0.05, 0) is 38.7 Å². The maximum absolute atomic E-state index is 13.1. The Morgan fingerprint density at radius 1 is 1.05 bits per heavy atom. The highest BCUT2D eigenvalue weighted by atomic mass is 16.3. The van der Waals surface area contributed by atoms with Crippen molar-refractivity contribution in [2.75, 3.05) is 5.73 Å². The number of nitrogens with zero attached hydrogens (tertiary/aromatic N) is 7. The Hall–Kier alpha value is -5.13. The van der Waals surface area contributed by atoms with Crippen molar-refractivity contribution in [1.82, 2.24) is 39.7 Å². The molecule has 2 atom stereocenters. The normalized spacial score (nSPS) is 20.0. The van der Waals surface area contributed by atoms with Crippen LogP contribution >= 0.6 is 0 Å². The Kier molecular flexibility index (Phi) is 5.77. The second-order valence-electron chi connectivity index (χ2n) is 10.7. The summed E-state index contributed by atoms with van der Waals surface area (Å²) >= 11 is 0. The van der Waals surface area contributed by atoms with Crippen LogP contribution in [0.4, 0.5) is 5.82 Å². The van der Waals surface area contributed by atoms with E-state index >= 15 is 0 Å². The second-order valence-corrected chi connectivity index (χ2v) is 10.7. The summed E-state index contributed by atoms with van der Waals surface area (Å²) in [6.45, 7) is 1.48. The summed E-state index contributed by atoms with van der Waals surface area (Å²) in [6, 6.07) is 11.1. The van der Waals surface area contributed by atoms with Gasteiger partial charge in [-0.2, -0.15) is 14.7 Å². The van der Waals surface area contributed by atoms with Crippen LogP contribution in [0.3, 0.4) is 0 Å². The lowest BCUT2D eigenvalue weighted by Crippen LogP contribution is -2.46. The lowest BCUT2D eigenvalue weighted by atomic mass is 9.85. The number of carbonyl (C=O) groups is 2. The molecular formula is C29H27N9O3. The minimum Gasteiger partial charge on any atom is -0.506 e. The van der Waals surface area contributed by atoms with Crippen molar-refractivity contribution in [3.8, 4) is 28.1 Å². The molecule has 2 saturated heterocycles. The van der Waals surface area contributed by atoms with Gasteiger partial charge in [0.05, 0.1) is 17.5 Å². The number of aromatic nitrogens is 7. The number of piperidine rings is 1. The third kappa shape index (κ3) is 4.01. The Morgan fingerprint density at radius 3 is 2.46 bits per heavy atom. The summed E-state index contributed by atoms with van der Waals surface area (Å²) < 4.78 is 1.47. The first-order chi connectivity index (χ1) is 19.9. The monoisotopic (exact) mass is 549 g/mol. The van der Waals surface area contributed by atoms with Gasteiger partial charge in [-0.1, -0.05) is 30.3 Å². The number of nitrogen functional groups attached to an aromatic ring is 1. The van der Waals surface area contributed by atoms with E-state index in [-0.39, 0.29) is 47.1 Å². The molecule has 4 aromatic heterocycles. The summed E-state index contributed by atoms with van der Waals surface area (Å²) in [5, 5.41) is 21.8. The number of hydrogen-bond donors (Lipinski definition) is 3. The summed E-state index contributed by atoms with van der Waals surface area (Å²) in [6.07, 6.45) is 7.65. The van der Waals surface area contributed by atoms with Crippen molar-refractivity contribution in [2.24, 2.45) is 0 Å². The number of benzene rings is 1. The maximum atomic E-state index is 13.1. The molecule has 1 amide bonds. The number of rotatable bonds is 5. The third-order valence-electron chi connectivity index (χ3n) is 8.26. The largest absolute Gasteiger partial charge is 0.506 e. The quantitative estimate of drug-likeness (QED) is 0.277. The molecule has 41 heavy (non-hydrogen) atoms. The number of anilines is 1. The standard InChI is InChI=1S/C29H27N9O3/c1-15(39)23-25(17-9-19-7-8-20(10-17)37(19)29(41)27-32-14-33-36-27)35-28-21(13-34-38(28)26(23)30)18-11-22(40)24(31-12-18)16-5-3-2-4-6-16/h2-6,11-14,17,19-20,40H,7-10,30H2,1H3,(H,32,33,36)/t19-,20-/m1/s1. The fourth-order valence-electron chi connectivity index (χ4n) is 6.47. The summed E-state index contributed by atoms with van der Waals surface area (Å²) in [4.78, 5) is 41.5. The van der Waals surface area contributed by atoms with Crippen LogP contribution in [-0.2, 0) is 0 Å². The van der Waals surface area contributed by atoms with Crippen LogP contribution in [0, 0.1) is 0 Å². The van der Waals surface area contributed by atoms with Gasteiger partial charge in [-0.3, -0.25) is 19.7 Å². The Balaban J connectivity index is 1.28. The fourth-order valence-corrected chi connectivity index (χ4v) is 6.47. The average Bonchev–Trinajstić information content (AvgIpc) is 3.71. The van der Waals surface area contributed by atoms with Crippen LogP contribution in [0.2, 0.25) is 0 Å². The van der Waals surface area contributed by atoms with E-state index in [0.717, 1.165) is 18.4 Å². The van der Waals surface area contributed by atoms with E-state index in [4.69, 9.17) is 10.7 Å². The molecule has 12 heteroatoms. The molecule has 0 unspecified atom stereocenters. The molecule has 2 aliphatic heterocycles. The predicted molar refractivity (Wildman–Crippen MR) is 149 cm³/mol. The van der Waals surface area contributed by atoms with Gasteiger partial charge < -0.3 is 15.7 Å². The number of Topliss-reactive ketones (excluding diaryl/α,β-unsaturated/α-hetero) is 1. The van der Waals surface area contributed by atoms with E-state index in [1.54, 1.807) is 18.5 Å². The molecule has 12 nitrogen and oxygen atoms in total. The molecule has 1 aromatic carbocycles. The van der Waals surface area contributed by atoms with Crippen molar-refractivity contribution >= 4 is 23.2 Å². The van der Waals surface area contributed by atoms with Crippen LogP contribution in [-0.4, -0.2) is 68.5 Å². The van der Waals surface area contributed by atoms with Gasteiger partial charge in [-0.15, -0.1) is 0 Å². The molecule has 0 aliphatic carbocycles. The molecule has 7 rings (SSSR count). The highest BCUT2D eigenvalue weighted by Crippen LogP contribution is 2.45. The van der Waals surface area contributed by atoms with Crippen LogP contribution < -0.4 is 5.73 Å². The van der Waals surface area contributed by atoms with E-state index in [9.17, 15) is 14.7 Å². The summed E-state index contributed by atoms with van der Waals surface area (Å²) in [7, 11) is 0. The molecule has 2 fully saturated rings. The summed E-state index contributed by atoms with van der Waals surface area (Å²) in [5.41, 5.74) is 10.5. The number of pyridine rings is 1. The van der Waals surface area contributed by atoms with Gasteiger partial charge in [0.15, 0.2) is 11.4 Å². The molecule has 2 bridgehead atoms. The molecule has 4 N–H and O–H groups in total. The molecule has 6 heterocycles. The topological polar surface area (TPSA) is 168 Å². The van der Waals surface area contributed by atoms with Crippen molar-refractivity contribution in [3.05, 3.63) is 72.2 Å². The number of H-pyrrole nitrogens is 1. The number of fused-ring (bicyclic) bond motifs is 3. The number of nitrogens with two attached hydrogens (primary N) is 1. The highest BCUT2D eigenvalue weighted by Gasteiger charge is 2.45. The molecule has 5 aromatic rings. The number of nitrogens with one attached hydrogen (secondary N) is 1. The molecule has 0 radical (unpaired) electrons. The summed E-state index contributed by atoms with van der Waals surface area (Å²) in [5.74, 6) is 0.0478. The lowest BCUT2D eigenvalue weighted by Gasteiger charge is -2.38. The zero-order valence-corrected chi connectivity index (χ0v) is 22.2. The molecule has 0 saturated carbocycles. The van der Waals surface area contributed by atoms with Crippen LogP contribution in [0.1, 0.15) is 65.2 Å². The third-order valence-corrected chi connectivity index (χ3v) is 8.26. The zero-order chi connectivity index (χ0) is 28.2. The Morgan fingerprint density at radius 2 is 1.80 bits per heavy atom. The smallest absolute Gasteiger partial charge is 0.291 e. The van der Waals surface area contributed by atoms with Gasteiger partial charge >= 0.3 is 0 Å². The van der Waals surface area contributed by atoms with Crippen molar-refractivity contribution in [1.29, 1.82) is 0 Å². The van der Waals surface area contributed by atoms with Gasteiger partial charge in [0.25, 0.3) is 5.91 Å². The van der Waals surface area contributed by atoms with Gasteiger partial charge in [-0.25, -0.2) is 9.97 Å². The molecule has 0 spiro atoms. The van der Waals surface area contributed by atoms with E-state index in [1.807, 2.05) is 35.2 Å². The second kappa shape index (κ2) is 9.51. The van der Waals surface area contributed by atoms with E-state index in [2.05, 4.69) is 25.3 Å². The van der Waals surface area contributed by atoms with E-state index < -0.39 is 0 Å². The molecule has 206 valence electrons.